The van der Waals surface area contributed by atoms with Gasteiger partial charge in [-0.3, -0.25) is 9.88 Å². The number of nitrogens with zero attached hydrogens (tertiary/aromatic N) is 2. The molecule has 0 fully saturated rings. The van der Waals surface area contributed by atoms with E-state index in [4.69, 9.17) is 28.9 Å². The van der Waals surface area contributed by atoms with E-state index in [0.29, 0.717) is 23.1 Å². The number of rotatable bonds is 5. The van der Waals surface area contributed by atoms with Gasteiger partial charge in [0.1, 0.15) is 0 Å². The molecule has 2 N–H and O–H groups in total. The van der Waals surface area contributed by atoms with Crippen molar-refractivity contribution in [2.24, 2.45) is 5.73 Å². The monoisotopic (exact) mass is 309 g/mol. The molecule has 20 heavy (non-hydrogen) atoms. The van der Waals surface area contributed by atoms with Gasteiger partial charge in [0, 0.05) is 35.4 Å². The predicted octanol–water partition coefficient (Wildman–Crippen LogP) is 3.52. The highest BCUT2D eigenvalue weighted by molar-refractivity contribution is 6.34. The van der Waals surface area contributed by atoms with E-state index in [-0.39, 0.29) is 6.04 Å². The molecule has 0 aliphatic rings. The summed E-state index contributed by atoms with van der Waals surface area (Å²) in [7, 11) is 2.01. The Morgan fingerprint density at radius 1 is 1.20 bits per heavy atom. The zero-order valence-electron chi connectivity index (χ0n) is 11.3. The predicted molar refractivity (Wildman–Crippen MR) is 84.0 cm³/mol. The molecule has 2 aromatic rings. The second-order valence-corrected chi connectivity index (χ2v) is 5.56. The third-order valence-corrected chi connectivity index (χ3v) is 3.60. The van der Waals surface area contributed by atoms with Crippen molar-refractivity contribution in [1.82, 2.24) is 9.88 Å². The first-order valence-electron chi connectivity index (χ1n) is 6.36. The molecule has 0 bridgehead atoms. The summed E-state index contributed by atoms with van der Waals surface area (Å²) in [5.41, 5.74) is 7.93. The summed E-state index contributed by atoms with van der Waals surface area (Å²) in [4.78, 5) is 6.47. The van der Waals surface area contributed by atoms with E-state index in [9.17, 15) is 0 Å². The van der Waals surface area contributed by atoms with Gasteiger partial charge in [-0.15, -0.1) is 0 Å². The normalized spacial score (nSPS) is 12.7. The molecule has 106 valence electrons. The Morgan fingerprint density at radius 3 is 2.45 bits per heavy atom. The Morgan fingerprint density at radius 2 is 1.90 bits per heavy atom. The Kier molecular flexibility index (Phi) is 5.38. The van der Waals surface area contributed by atoms with Gasteiger partial charge in [0.05, 0.1) is 5.69 Å². The van der Waals surface area contributed by atoms with Crippen molar-refractivity contribution in [3.63, 3.8) is 0 Å². The van der Waals surface area contributed by atoms with Crippen molar-refractivity contribution >= 4 is 23.2 Å². The lowest BCUT2D eigenvalue weighted by Gasteiger charge is -2.27. The Balaban J connectivity index is 2.18. The highest BCUT2D eigenvalue weighted by atomic mass is 35.5. The van der Waals surface area contributed by atoms with Crippen molar-refractivity contribution < 1.29 is 0 Å². The molecule has 0 saturated carbocycles. The fourth-order valence-electron chi connectivity index (χ4n) is 2.20. The first-order chi connectivity index (χ1) is 9.60. The lowest BCUT2D eigenvalue weighted by atomic mass is 10.1. The lowest BCUT2D eigenvalue weighted by molar-refractivity contribution is 0.239. The van der Waals surface area contributed by atoms with Gasteiger partial charge in [-0.1, -0.05) is 29.3 Å². The van der Waals surface area contributed by atoms with Gasteiger partial charge in [-0.2, -0.15) is 0 Å². The molecule has 0 spiro atoms. The Bertz CT molecular complexity index is 540. The van der Waals surface area contributed by atoms with Gasteiger partial charge >= 0.3 is 0 Å². The molecule has 0 aliphatic carbocycles. The molecular weight excluding hydrogens is 293 g/mol. The van der Waals surface area contributed by atoms with E-state index in [2.05, 4.69) is 9.88 Å². The fraction of sp³-hybridized carbons (Fsp3) is 0.267. The zero-order chi connectivity index (χ0) is 14.5. The molecule has 0 radical (unpaired) electrons. The van der Waals surface area contributed by atoms with Crippen LogP contribution in [0.2, 0.25) is 10.0 Å². The van der Waals surface area contributed by atoms with E-state index < -0.39 is 0 Å². The third-order valence-electron chi connectivity index (χ3n) is 3.16. The van der Waals surface area contributed by atoms with Gasteiger partial charge < -0.3 is 5.73 Å². The van der Waals surface area contributed by atoms with Crippen molar-refractivity contribution in [3.8, 4) is 0 Å². The van der Waals surface area contributed by atoms with E-state index >= 15 is 0 Å². The summed E-state index contributed by atoms with van der Waals surface area (Å²) in [5.74, 6) is 0. The number of hydrogen-bond donors (Lipinski definition) is 1. The Labute approximate surface area is 129 Å². The summed E-state index contributed by atoms with van der Waals surface area (Å²) in [6.45, 7) is 1.20. The SMILES string of the molecule is CN(Cc1ccccn1)C(CN)c1cc(Cl)cc(Cl)c1. The second kappa shape index (κ2) is 7.04. The number of hydrogen-bond acceptors (Lipinski definition) is 3. The molecule has 3 nitrogen and oxygen atoms in total. The van der Waals surface area contributed by atoms with Crippen LogP contribution in [0.15, 0.2) is 42.6 Å². The molecule has 0 amide bonds. The van der Waals surface area contributed by atoms with Crippen molar-refractivity contribution in [1.29, 1.82) is 0 Å². The van der Waals surface area contributed by atoms with Gasteiger partial charge in [-0.25, -0.2) is 0 Å². The number of nitrogens with two attached hydrogens (primary N) is 1. The van der Waals surface area contributed by atoms with Crippen LogP contribution < -0.4 is 5.73 Å². The van der Waals surface area contributed by atoms with Crippen LogP contribution in [0.5, 0.6) is 0 Å². The largest absolute Gasteiger partial charge is 0.329 e. The van der Waals surface area contributed by atoms with E-state index in [1.54, 1.807) is 12.3 Å². The highest BCUT2D eigenvalue weighted by Gasteiger charge is 2.17. The number of benzene rings is 1. The smallest absolute Gasteiger partial charge is 0.0544 e. The maximum atomic E-state index is 6.06. The minimum atomic E-state index is 0.0493. The molecule has 0 saturated heterocycles. The number of likely N-dealkylation sites (N-methyl/N-ethyl adjacent to an activating group) is 1. The van der Waals surface area contributed by atoms with Crippen LogP contribution in [0, 0.1) is 0 Å². The maximum Gasteiger partial charge on any atom is 0.0544 e. The van der Waals surface area contributed by atoms with Crippen LogP contribution in [0.1, 0.15) is 17.3 Å². The zero-order valence-corrected chi connectivity index (χ0v) is 12.8. The first-order valence-corrected chi connectivity index (χ1v) is 7.12. The third kappa shape index (κ3) is 3.93. The Hall–Kier alpha value is -1.13. The lowest BCUT2D eigenvalue weighted by Crippen LogP contribution is -2.30. The average molecular weight is 310 g/mol. The van der Waals surface area contributed by atoms with Crippen LogP contribution in [0.25, 0.3) is 0 Å². The summed E-state index contributed by atoms with van der Waals surface area (Å²) in [6, 6.07) is 11.5. The van der Waals surface area contributed by atoms with E-state index in [1.807, 2.05) is 37.4 Å². The van der Waals surface area contributed by atoms with Gasteiger partial charge in [0.15, 0.2) is 0 Å². The molecule has 1 aromatic heterocycles. The van der Waals surface area contributed by atoms with Crippen LogP contribution in [0.3, 0.4) is 0 Å². The molecule has 1 atom stereocenters. The average Bonchev–Trinajstić information content (AvgIpc) is 2.39. The van der Waals surface area contributed by atoms with Crippen molar-refractivity contribution in [2.75, 3.05) is 13.6 Å². The summed E-state index contributed by atoms with van der Waals surface area (Å²) in [5, 5.41) is 1.24. The maximum absolute atomic E-state index is 6.06. The molecule has 1 aromatic carbocycles. The van der Waals surface area contributed by atoms with Crippen LogP contribution in [-0.4, -0.2) is 23.5 Å². The molecular formula is C15H17Cl2N3. The molecule has 0 aliphatic heterocycles. The molecule has 1 heterocycles. The van der Waals surface area contributed by atoms with E-state index in [1.165, 1.54) is 0 Å². The van der Waals surface area contributed by atoms with Crippen molar-refractivity contribution in [2.45, 2.75) is 12.6 Å². The highest BCUT2D eigenvalue weighted by Crippen LogP contribution is 2.26. The molecule has 2 rings (SSSR count). The molecule has 5 heteroatoms. The number of pyridine rings is 1. The van der Waals surface area contributed by atoms with Crippen molar-refractivity contribution in [3.05, 3.63) is 63.9 Å². The number of aromatic nitrogens is 1. The second-order valence-electron chi connectivity index (χ2n) is 4.69. The fourth-order valence-corrected chi connectivity index (χ4v) is 2.74. The van der Waals surface area contributed by atoms with Gasteiger partial charge in [-0.05, 0) is 42.9 Å². The minimum Gasteiger partial charge on any atom is -0.329 e. The summed E-state index contributed by atoms with van der Waals surface area (Å²) >= 11 is 12.1. The standard InChI is InChI=1S/C15H17Cl2N3/c1-20(10-14-4-2-3-5-19-14)15(9-18)11-6-12(16)8-13(17)7-11/h2-8,15H,9-10,18H2,1H3. The van der Waals surface area contributed by atoms with Crippen LogP contribution in [-0.2, 0) is 6.54 Å². The van der Waals surface area contributed by atoms with Gasteiger partial charge in [0.25, 0.3) is 0 Å². The topological polar surface area (TPSA) is 42.2 Å². The summed E-state index contributed by atoms with van der Waals surface area (Å²) in [6.07, 6.45) is 1.79. The molecule has 1 unspecified atom stereocenters. The van der Waals surface area contributed by atoms with Crippen LogP contribution >= 0.6 is 23.2 Å². The van der Waals surface area contributed by atoms with E-state index in [0.717, 1.165) is 11.3 Å². The number of halogens is 2. The summed E-state index contributed by atoms with van der Waals surface area (Å²) < 4.78 is 0. The quantitative estimate of drug-likeness (QED) is 0.919. The van der Waals surface area contributed by atoms with Crippen LogP contribution in [0.4, 0.5) is 0 Å². The van der Waals surface area contributed by atoms with Gasteiger partial charge in [0.2, 0.25) is 0 Å². The first kappa shape index (κ1) is 15.3. The minimum absolute atomic E-state index is 0.0493.